The van der Waals surface area contributed by atoms with Gasteiger partial charge in [0.1, 0.15) is 0 Å². The fourth-order valence-corrected chi connectivity index (χ4v) is 5.00. The molecule has 5 atom stereocenters. The predicted molar refractivity (Wildman–Crippen MR) is 138 cm³/mol. The second kappa shape index (κ2) is 11.6. The van der Waals surface area contributed by atoms with E-state index in [9.17, 15) is 0 Å². The van der Waals surface area contributed by atoms with Gasteiger partial charge in [0, 0.05) is 5.56 Å². The zero-order valence-corrected chi connectivity index (χ0v) is 21.5. The third-order valence-corrected chi connectivity index (χ3v) is 7.33. The Morgan fingerprint density at radius 2 is 1.42 bits per heavy atom. The van der Waals surface area contributed by atoms with Crippen molar-refractivity contribution in [1.29, 1.82) is 0 Å². The molecular weight excluding hydrogens is 458 g/mol. The van der Waals surface area contributed by atoms with Crippen LogP contribution in [0.2, 0.25) is 0 Å². The van der Waals surface area contributed by atoms with Crippen molar-refractivity contribution in [3.05, 3.63) is 107 Å². The number of rotatable bonds is 9. The lowest BCUT2D eigenvalue weighted by molar-refractivity contribution is -0.271. The summed E-state index contributed by atoms with van der Waals surface area (Å²) in [6, 6.07) is 24.5. The van der Waals surface area contributed by atoms with Gasteiger partial charge in [-0.15, -0.1) is 0 Å². The molecule has 0 amide bonds. The average molecular weight is 495 g/mol. The van der Waals surface area contributed by atoms with Crippen molar-refractivity contribution in [3.8, 4) is 0 Å². The fourth-order valence-electron chi connectivity index (χ4n) is 5.00. The minimum Gasteiger partial charge on any atom is -0.374 e. The maximum absolute atomic E-state index is 16.2. The van der Waals surface area contributed by atoms with Crippen molar-refractivity contribution < 1.29 is 23.0 Å². The Bertz CT molecular complexity index is 1100. The molecule has 3 nitrogen and oxygen atoms in total. The Morgan fingerprint density at radius 3 is 2.03 bits per heavy atom. The quantitative estimate of drug-likeness (QED) is 0.314. The van der Waals surface area contributed by atoms with Crippen LogP contribution in [-0.4, -0.2) is 24.9 Å². The minimum atomic E-state index is -3.23. The van der Waals surface area contributed by atoms with Gasteiger partial charge < -0.3 is 14.2 Å². The Kier molecular flexibility index (Phi) is 8.55. The molecule has 1 fully saturated rings. The molecule has 1 saturated heterocycles. The SMILES string of the molecule is Cc1ccc(C(F)(F)C2OC(COCc3ccccc3)C(C)C(C)C2OCc2ccccc2)c(C)c1. The lowest BCUT2D eigenvalue weighted by Crippen LogP contribution is -2.57. The molecule has 5 heteroatoms. The number of benzene rings is 3. The van der Waals surface area contributed by atoms with E-state index in [-0.39, 0.29) is 30.6 Å². The normalized spacial score (nSPS) is 24.6. The van der Waals surface area contributed by atoms with Crippen molar-refractivity contribution in [1.82, 2.24) is 0 Å². The largest absolute Gasteiger partial charge is 0.374 e. The number of hydrogen-bond acceptors (Lipinski definition) is 3. The second-order valence-electron chi connectivity index (χ2n) is 10.0. The molecule has 1 aliphatic heterocycles. The molecule has 5 unspecified atom stereocenters. The summed E-state index contributed by atoms with van der Waals surface area (Å²) in [6.45, 7) is 8.55. The number of hydrogen-bond donors (Lipinski definition) is 0. The van der Waals surface area contributed by atoms with Gasteiger partial charge in [-0.2, -0.15) is 8.78 Å². The lowest BCUT2D eigenvalue weighted by Gasteiger charge is -2.47. The van der Waals surface area contributed by atoms with E-state index >= 15 is 8.78 Å². The molecule has 0 aromatic heterocycles. The highest BCUT2D eigenvalue weighted by atomic mass is 19.3. The van der Waals surface area contributed by atoms with E-state index in [1.807, 2.05) is 81.4 Å². The monoisotopic (exact) mass is 494 g/mol. The molecule has 0 saturated carbocycles. The molecule has 0 radical (unpaired) electrons. The molecule has 1 heterocycles. The second-order valence-corrected chi connectivity index (χ2v) is 10.0. The Morgan fingerprint density at radius 1 is 0.806 bits per heavy atom. The summed E-state index contributed by atoms with van der Waals surface area (Å²) < 4.78 is 50.8. The fraction of sp³-hybridized carbons (Fsp3) is 0.419. The molecule has 0 spiro atoms. The molecule has 4 rings (SSSR count). The van der Waals surface area contributed by atoms with Gasteiger partial charge in [0.2, 0.25) is 0 Å². The number of aryl methyl sites for hydroxylation is 2. The molecule has 0 N–H and O–H groups in total. The third-order valence-electron chi connectivity index (χ3n) is 7.33. The van der Waals surface area contributed by atoms with Gasteiger partial charge in [0.25, 0.3) is 0 Å². The van der Waals surface area contributed by atoms with Gasteiger partial charge >= 0.3 is 5.92 Å². The first kappa shape index (κ1) is 26.5. The van der Waals surface area contributed by atoms with Crippen molar-refractivity contribution in [2.24, 2.45) is 11.8 Å². The number of alkyl halides is 2. The summed E-state index contributed by atoms with van der Waals surface area (Å²) in [5, 5.41) is 0. The lowest BCUT2D eigenvalue weighted by atomic mass is 9.78. The molecule has 0 aliphatic carbocycles. The van der Waals surface area contributed by atoms with Crippen LogP contribution in [-0.2, 0) is 33.3 Å². The molecule has 192 valence electrons. The summed E-state index contributed by atoms with van der Waals surface area (Å²) in [7, 11) is 0. The highest BCUT2D eigenvalue weighted by Gasteiger charge is 2.55. The van der Waals surface area contributed by atoms with E-state index in [4.69, 9.17) is 14.2 Å². The van der Waals surface area contributed by atoms with E-state index in [1.165, 1.54) is 6.07 Å². The maximum Gasteiger partial charge on any atom is 0.301 e. The first-order valence-corrected chi connectivity index (χ1v) is 12.7. The van der Waals surface area contributed by atoms with E-state index in [0.717, 1.165) is 16.7 Å². The van der Waals surface area contributed by atoms with Gasteiger partial charge in [-0.1, -0.05) is 98.3 Å². The summed E-state index contributed by atoms with van der Waals surface area (Å²) in [5.41, 5.74) is 3.46. The van der Waals surface area contributed by atoms with E-state index in [2.05, 4.69) is 0 Å². The molecule has 3 aromatic carbocycles. The van der Waals surface area contributed by atoms with Crippen LogP contribution in [0.1, 0.15) is 41.7 Å². The average Bonchev–Trinajstić information content (AvgIpc) is 2.87. The Hall–Kier alpha value is -2.60. The van der Waals surface area contributed by atoms with E-state index in [1.54, 1.807) is 19.1 Å². The minimum absolute atomic E-state index is 0.0166. The number of halogens is 2. The highest BCUT2D eigenvalue weighted by molar-refractivity contribution is 5.35. The summed E-state index contributed by atoms with van der Waals surface area (Å²) in [4.78, 5) is 0. The molecule has 36 heavy (non-hydrogen) atoms. The molecular formula is C31H36F2O3. The van der Waals surface area contributed by atoms with Crippen LogP contribution in [0.15, 0.2) is 78.9 Å². The van der Waals surface area contributed by atoms with Crippen LogP contribution in [0.25, 0.3) is 0 Å². The first-order valence-electron chi connectivity index (χ1n) is 12.7. The van der Waals surface area contributed by atoms with E-state index in [0.29, 0.717) is 12.2 Å². The molecule has 3 aromatic rings. The highest BCUT2D eigenvalue weighted by Crippen LogP contribution is 2.45. The Balaban J connectivity index is 1.57. The Labute approximate surface area is 213 Å². The van der Waals surface area contributed by atoms with Crippen LogP contribution < -0.4 is 0 Å². The van der Waals surface area contributed by atoms with Crippen molar-refractivity contribution >= 4 is 0 Å². The maximum atomic E-state index is 16.2. The van der Waals surface area contributed by atoms with Crippen LogP contribution in [0.5, 0.6) is 0 Å². The van der Waals surface area contributed by atoms with E-state index < -0.39 is 24.2 Å². The van der Waals surface area contributed by atoms with Gasteiger partial charge in [-0.3, -0.25) is 0 Å². The third kappa shape index (κ3) is 6.03. The van der Waals surface area contributed by atoms with Crippen LogP contribution >= 0.6 is 0 Å². The standard InChI is InChI=1S/C31H36F2O3/c1-21-15-16-27(22(2)17-21)31(32,33)30-29(35-19-26-13-9-6-10-14-26)24(4)23(3)28(36-30)20-34-18-25-11-7-5-8-12-25/h5-17,23-24,28-30H,18-20H2,1-4H3. The van der Waals surface area contributed by atoms with Gasteiger partial charge in [0.05, 0.1) is 32.0 Å². The smallest absolute Gasteiger partial charge is 0.301 e. The first-order chi connectivity index (χ1) is 17.3. The van der Waals surface area contributed by atoms with Gasteiger partial charge in [0.15, 0.2) is 6.10 Å². The van der Waals surface area contributed by atoms with Crippen molar-refractivity contribution in [2.75, 3.05) is 6.61 Å². The zero-order valence-electron chi connectivity index (χ0n) is 21.5. The van der Waals surface area contributed by atoms with Crippen LogP contribution in [0.3, 0.4) is 0 Å². The number of ether oxygens (including phenoxy) is 3. The zero-order chi connectivity index (χ0) is 25.7. The summed E-state index contributed by atoms with van der Waals surface area (Å²) in [6.07, 6.45) is -2.68. The van der Waals surface area contributed by atoms with Gasteiger partial charge in [-0.05, 0) is 42.4 Å². The summed E-state index contributed by atoms with van der Waals surface area (Å²) in [5.74, 6) is -3.41. The summed E-state index contributed by atoms with van der Waals surface area (Å²) >= 11 is 0. The van der Waals surface area contributed by atoms with Gasteiger partial charge in [-0.25, -0.2) is 0 Å². The predicted octanol–water partition coefficient (Wildman–Crippen LogP) is 7.24. The van der Waals surface area contributed by atoms with Crippen LogP contribution in [0, 0.1) is 25.7 Å². The molecule has 1 aliphatic rings. The molecule has 0 bridgehead atoms. The topological polar surface area (TPSA) is 27.7 Å². The van der Waals surface area contributed by atoms with Crippen molar-refractivity contribution in [3.63, 3.8) is 0 Å². The van der Waals surface area contributed by atoms with Crippen LogP contribution in [0.4, 0.5) is 8.78 Å². The van der Waals surface area contributed by atoms with Crippen molar-refractivity contribution in [2.45, 2.75) is 65.1 Å².